The van der Waals surface area contributed by atoms with Crippen LogP contribution >= 0.6 is 0 Å². The number of anilines is 2. The minimum absolute atomic E-state index is 0.134. The maximum Gasteiger partial charge on any atom is 0.321 e. The predicted octanol–water partition coefficient (Wildman–Crippen LogP) is 4.51. The summed E-state index contributed by atoms with van der Waals surface area (Å²) in [5.74, 6) is 1.10. The van der Waals surface area contributed by atoms with Gasteiger partial charge < -0.3 is 24.6 Å². The molecule has 2 aromatic carbocycles. The lowest BCUT2D eigenvalue weighted by Crippen LogP contribution is -2.50. The van der Waals surface area contributed by atoms with Crippen LogP contribution in [-0.4, -0.2) is 50.3 Å². The monoisotopic (exact) mass is 413 g/mol. The molecule has 6 nitrogen and oxygen atoms in total. The molecule has 2 amide bonds. The zero-order chi connectivity index (χ0) is 20.9. The molecule has 0 aromatic heterocycles. The van der Waals surface area contributed by atoms with Crippen molar-refractivity contribution in [1.29, 1.82) is 0 Å². The van der Waals surface area contributed by atoms with Gasteiger partial charge in [0.25, 0.3) is 0 Å². The quantitative estimate of drug-likeness (QED) is 0.784. The lowest BCUT2D eigenvalue weighted by Gasteiger charge is -2.36. The zero-order valence-corrected chi connectivity index (χ0v) is 17.3. The third kappa shape index (κ3) is 4.78. The van der Waals surface area contributed by atoms with Crippen molar-refractivity contribution in [3.05, 3.63) is 48.3 Å². The number of piperazine rings is 1. The summed E-state index contributed by atoms with van der Waals surface area (Å²) in [6.45, 7) is 2.62. The number of nitrogens with zero attached hydrogens (tertiary/aromatic N) is 2. The van der Waals surface area contributed by atoms with Crippen LogP contribution in [0.5, 0.6) is 11.5 Å². The third-order valence-corrected chi connectivity index (χ3v) is 5.77. The average molecular weight is 413 g/mol. The highest BCUT2D eigenvalue weighted by Gasteiger charge is 2.23. The number of nitrogens with one attached hydrogen (secondary N) is 1. The maximum atomic E-state index is 13.1. The number of amides is 2. The summed E-state index contributed by atoms with van der Waals surface area (Å²) in [6, 6.07) is 11.8. The molecule has 0 spiro atoms. The van der Waals surface area contributed by atoms with E-state index < -0.39 is 0 Å². The summed E-state index contributed by atoms with van der Waals surface area (Å²) >= 11 is 0. The van der Waals surface area contributed by atoms with Gasteiger partial charge in [0.1, 0.15) is 5.82 Å². The maximum absolute atomic E-state index is 13.1. The van der Waals surface area contributed by atoms with Crippen molar-refractivity contribution >= 4 is 17.4 Å². The van der Waals surface area contributed by atoms with Gasteiger partial charge in [-0.3, -0.25) is 0 Å². The van der Waals surface area contributed by atoms with E-state index in [2.05, 4.69) is 10.2 Å². The summed E-state index contributed by atoms with van der Waals surface area (Å²) in [7, 11) is 1.62. The normalized spacial score (nSPS) is 17.1. The number of benzene rings is 2. The Balaban J connectivity index is 1.35. The van der Waals surface area contributed by atoms with Crippen LogP contribution in [0.1, 0.15) is 25.7 Å². The summed E-state index contributed by atoms with van der Waals surface area (Å²) in [6.07, 6.45) is 4.70. The van der Waals surface area contributed by atoms with Crippen LogP contribution in [0.3, 0.4) is 0 Å². The topological polar surface area (TPSA) is 54.0 Å². The summed E-state index contributed by atoms with van der Waals surface area (Å²) in [5, 5.41) is 2.97. The molecule has 0 atom stereocenters. The van der Waals surface area contributed by atoms with Gasteiger partial charge in [0.05, 0.1) is 13.2 Å². The van der Waals surface area contributed by atoms with Crippen molar-refractivity contribution in [3.63, 3.8) is 0 Å². The smallest absolute Gasteiger partial charge is 0.321 e. The molecule has 0 radical (unpaired) electrons. The Kier molecular flexibility index (Phi) is 6.26. The molecular weight excluding hydrogens is 385 g/mol. The number of methoxy groups -OCH3 is 1. The van der Waals surface area contributed by atoms with Gasteiger partial charge in [0, 0.05) is 43.6 Å². The van der Waals surface area contributed by atoms with Crippen LogP contribution in [0.2, 0.25) is 0 Å². The fraction of sp³-hybridized carbons (Fsp3) is 0.435. The van der Waals surface area contributed by atoms with Gasteiger partial charge in [-0.25, -0.2) is 9.18 Å². The van der Waals surface area contributed by atoms with Crippen LogP contribution in [0.25, 0.3) is 0 Å². The van der Waals surface area contributed by atoms with E-state index in [1.807, 2.05) is 18.2 Å². The SMILES string of the molecule is COc1ccc(NC(=O)N2CCN(c3ccc(F)cc3)CC2)cc1OC1CCCC1. The molecule has 0 bridgehead atoms. The second-order valence-corrected chi connectivity index (χ2v) is 7.77. The number of carbonyl (C=O) groups is 1. The second-order valence-electron chi connectivity index (χ2n) is 7.77. The molecular formula is C23H28FN3O3. The van der Waals surface area contributed by atoms with E-state index in [0.717, 1.165) is 18.5 Å². The first kappa shape index (κ1) is 20.3. The first-order chi connectivity index (χ1) is 14.6. The van der Waals surface area contributed by atoms with Crippen LogP contribution in [0.4, 0.5) is 20.6 Å². The fourth-order valence-electron chi connectivity index (χ4n) is 4.05. The Bertz CT molecular complexity index is 860. The highest BCUT2D eigenvalue weighted by molar-refractivity contribution is 5.90. The Morgan fingerprint density at radius 3 is 2.37 bits per heavy atom. The van der Waals surface area contributed by atoms with Gasteiger partial charge in [-0.05, 0) is 62.1 Å². The highest BCUT2D eigenvalue weighted by atomic mass is 19.1. The molecule has 2 aromatic rings. The first-order valence-electron chi connectivity index (χ1n) is 10.5. The molecule has 30 heavy (non-hydrogen) atoms. The van der Waals surface area contributed by atoms with Crippen molar-refractivity contribution in [2.45, 2.75) is 31.8 Å². The number of urea groups is 1. The summed E-state index contributed by atoms with van der Waals surface area (Å²) < 4.78 is 24.7. The van der Waals surface area contributed by atoms with Crippen LogP contribution < -0.4 is 19.7 Å². The largest absolute Gasteiger partial charge is 0.493 e. The summed E-state index contributed by atoms with van der Waals surface area (Å²) in [4.78, 5) is 16.7. The lowest BCUT2D eigenvalue weighted by atomic mass is 10.2. The first-order valence-corrected chi connectivity index (χ1v) is 10.5. The van der Waals surface area contributed by atoms with E-state index in [1.54, 1.807) is 24.1 Å². The van der Waals surface area contributed by atoms with Gasteiger partial charge in [-0.2, -0.15) is 0 Å². The molecule has 160 valence electrons. The Morgan fingerprint density at radius 1 is 1.00 bits per heavy atom. The second kappa shape index (κ2) is 9.24. The van der Waals surface area contributed by atoms with Crippen molar-refractivity contribution < 1.29 is 18.7 Å². The number of hydrogen-bond acceptors (Lipinski definition) is 4. The van der Waals surface area contributed by atoms with Gasteiger partial charge in [-0.15, -0.1) is 0 Å². The Morgan fingerprint density at radius 2 is 1.70 bits per heavy atom. The number of carbonyl (C=O) groups excluding carboxylic acids is 1. The van der Waals surface area contributed by atoms with E-state index in [4.69, 9.17) is 9.47 Å². The van der Waals surface area contributed by atoms with E-state index in [9.17, 15) is 9.18 Å². The number of ether oxygens (including phenoxy) is 2. The molecule has 0 unspecified atom stereocenters. The molecule has 7 heteroatoms. The molecule has 4 rings (SSSR count). The van der Waals surface area contributed by atoms with E-state index in [-0.39, 0.29) is 18.0 Å². The molecule has 1 saturated heterocycles. The van der Waals surface area contributed by atoms with Crippen molar-refractivity contribution in [2.75, 3.05) is 43.5 Å². The van der Waals surface area contributed by atoms with E-state index in [1.165, 1.54) is 25.0 Å². The molecule has 1 N–H and O–H groups in total. The molecule has 1 aliphatic carbocycles. The summed E-state index contributed by atoms with van der Waals surface area (Å²) in [5.41, 5.74) is 1.66. The molecule has 1 heterocycles. The molecule has 1 saturated carbocycles. The Hall–Kier alpha value is -2.96. The lowest BCUT2D eigenvalue weighted by molar-refractivity contribution is 0.201. The minimum atomic E-state index is -0.243. The fourth-order valence-corrected chi connectivity index (χ4v) is 4.05. The number of halogens is 1. The highest BCUT2D eigenvalue weighted by Crippen LogP contribution is 2.34. The standard InChI is InChI=1S/C23H28FN3O3/c1-29-21-11-8-18(16-22(21)30-20-4-2-3-5-20)25-23(28)27-14-12-26(13-15-27)19-9-6-17(24)7-10-19/h6-11,16,20H,2-5,12-15H2,1H3,(H,25,28). The van der Waals surface area contributed by atoms with Crippen LogP contribution in [0.15, 0.2) is 42.5 Å². The van der Waals surface area contributed by atoms with Gasteiger partial charge in [-0.1, -0.05) is 0 Å². The average Bonchev–Trinajstić information content (AvgIpc) is 3.28. The number of rotatable bonds is 5. The molecule has 2 aliphatic rings. The van der Waals surface area contributed by atoms with Gasteiger partial charge >= 0.3 is 6.03 Å². The molecule has 1 aliphatic heterocycles. The van der Waals surface area contributed by atoms with E-state index in [0.29, 0.717) is 43.4 Å². The van der Waals surface area contributed by atoms with Gasteiger partial charge in [0.15, 0.2) is 11.5 Å². The zero-order valence-electron chi connectivity index (χ0n) is 17.3. The van der Waals surface area contributed by atoms with E-state index >= 15 is 0 Å². The Labute approximate surface area is 176 Å². The predicted molar refractivity (Wildman–Crippen MR) is 115 cm³/mol. The number of hydrogen-bond donors (Lipinski definition) is 1. The van der Waals surface area contributed by atoms with Crippen molar-refractivity contribution in [3.8, 4) is 11.5 Å². The van der Waals surface area contributed by atoms with Crippen LogP contribution in [-0.2, 0) is 0 Å². The van der Waals surface area contributed by atoms with Crippen molar-refractivity contribution in [1.82, 2.24) is 4.90 Å². The van der Waals surface area contributed by atoms with Crippen LogP contribution in [0, 0.1) is 5.82 Å². The minimum Gasteiger partial charge on any atom is -0.493 e. The van der Waals surface area contributed by atoms with Gasteiger partial charge in [0.2, 0.25) is 0 Å². The molecule has 2 fully saturated rings. The van der Waals surface area contributed by atoms with Crippen molar-refractivity contribution in [2.24, 2.45) is 0 Å². The third-order valence-electron chi connectivity index (χ3n) is 5.77.